The van der Waals surface area contributed by atoms with Crippen molar-refractivity contribution in [1.29, 1.82) is 0 Å². The Labute approximate surface area is 188 Å². The minimum absolute atomic E-state index is 0.0673. The first-order valence-corrected chi connectivity index (χ1v) is 10.4. The van der Waals surface area contributed by atoms with Gasteiger partial charge in [-0.1, -0.05) is 50.2 Å². The van der Waals surface area contributed by atoms with E-state index >= 15 is 0 Å². The average Bonchev–Trinajstić information content (AvgIpc) is 3.00. The molecule has 0 aliphatic carbocycles. The van der Waals surface area contributed by atoms with E-state index in [1.807, 2.05) is 13.8 Å². The third kappa shape index (κ3) is 4.04. The molecule has 0 atom stereocenters. The number of anilines is 1. The van der Waals surface area contributed by atoms with E-state index in [4.69, 9.17) is 9.84 Å². The van der Waals surface area contributed by atoms with Crippen LogP contribution in [0.5, 0.6) is 5.75 Å². The fourth-order valence-corrected chi connectivity index (χ4v) is 4.24. The molecular weight excluding hydrogens is 432 g/mol. The number of benzene rings is 3. The van der Waals surface area contributed by atoms with Gasteiger partial charge in [0.05, 0.1) is 23.2 Å². The first-order chi connectivity index (χ1) is 15.7. The zero-order chi connectivity index (χ0) is 23.9. The highest BCUT2D eigenvalue weighted by molar-refractivity contribution is 6.37. The van der Waals surface area contributed by atoms with Crippen LogP contribution in [0, 0.1) is 5.92 Å². The predicted molar refractivity (Wildman–Crippen MR) is 118 cm³/mol. The van der Waals surface area contributed by atoms with Crippen molar-refractivity contribution in [1.82, 2.24) is 0 Å². The van der Waals surface area contributed by atoms with E-state index in [0.29, 0.717) is 28.3 Å². The molecule has 0 bridgehead atoms. The minimum atomic E-state index is -3.18. The summed E-state index contributed by atoms with van der Waals surface area (Å²) >= 11 is 0. The molecule has 0 spiro atoms. The molecule has 0 radical (unpaired) electrons. The van der Waals surface area contributed by atoms with Crippen LogP contribution < -0.4 is 9.64 Å². The molecule has 0 saturated carbocycles. The number of hydrogen-bond donors (Lipinski definition) is 1. The van der Waals surface area contributed by atoms with Crippen LogP contribution in [0.3, 0.4) is 0 Å². The molecule has 1 heterocycles. The van der Waals surface area contributed by atoms with Gasteiger partial charge in [-0.3, -0.25) is 14.4 Å². The number of fused-ring (bicyclic) bond motifs is 2. The fourth-order valence-electron chi connectivity index (χ4n) is 4.24. The number of alkyl halides is 2. The van der Waals surface area contributed by atoms with E-state index in [2.05, 4.69) is 0 Å². The lowest BCUT2D eigenvalue weighted by Crippen LogP contribution is -2.29. The zero-order valence-corrected chi connectivity index (χ0v) is 18.0. The van der Waals surface area contributed by atoms with E-state index in [0.717, 1.165) is 4.90 Å². The summed E-state index contributed by atoms with van der Waals surface area (Å²) in [5.41, 5.74) is 1.22. The lowest BCUT2D eigenvalue weighted by atomic mass is 9.89. The summed E-state index contributed by atoms with van der Waals surface area (Å²) in [7, 11) is 0. The van der Waals surface area contributed by atoms with Gasteiger partial charge in [0, 0.05) is 5.39 Å². The molecule has 8 heteroatoms. The number of ether oxygens (including phenoxy) is 1. The number of nitrogens with zero attached hydrogens (tertiary/aromatic N) is 1. The molecule has 33 heavy (non-hydrogen) atoms. The second-order valence-corrected chi connectivity index (χ2v) is 8.26. The quantitative estimate of drug-likeness (QED) is 0.505. The van der Waals surface area contributed by atoms with E-state index < -0.39 is 24.4 Å². The number of rotatable bonds is 7. The molecule has 0 aromatic heterocycles. The number of carboxylic acid groups (broad SMARTS) is 1. The number of carbonyl (C=O) groups is 3. The smallest absolute Gasteiger partial charge is 0.387 e. The molecule has 3 aromatic carbocycles. The minimum Gasteiger partial charge on any atom is -0.481 e. The van der Waals surface area contributed by atoms with Crippen LogP contribution >= 0.6 is 0 Å². The lowest BCUT2D eigenvalue weighted by molar-refractivity contribution is -0.136. The second kappa shape index (κ2) is 8.61. The summed E-state index contributed by atoms with van der Waals surface area (Å²) in [4.78, 5) is 38.8. The number of hydrogen-bond acceptors (Lipinski definition) is 4. The maximum Gasteiger partial charge on any atom is 0.387 e. The average molecular weight is 453 g/mol. The Bertz CT molecular complexity index is 1200. The van der Waals surface area contributed by atoms with Crippen LogP contribution in [0.4, 0.5) is 14.5 Å². The predicted octanol–water partition coefficient (Wildman–Crippen LogP) is 5.07. The number of imide groups is 1. The Morgan fingerprint density at radius 3 is 2.15 bits per heavy atom. The van der Waals surface area contributed by atoms with Crippen molar-refractivity contribution in [2.45, 2.75) is 33.3 Å². The highest BCUT2D eigenvalue weighted by Crippen LogP contribution is 2.43. The van der Waals surface area contributed by atoms with E-state index in [9.17, 15) is 23.2 Å². The molecular formula is C25H21F2NO5. The third-order valence-corrected chi connectivity index (χ3v) is 5.48. The van der Waals surface area contributed by atoms with Crippen LogP contribution in [0.2, 0.25) is 0 Å². The summed E-state index contributed by atoms with van der Waals surface area (Å²) in [6.07, 6.45) is 0.251. The number of carboxylic acids is 1. The van der Waals surface area contributed by atoms with Gasteiger partial charge in [-0.15, -0.1) is 0 Å². The van der Waals surface area contributed by atoms with Gasteiger partial charge < -0.3 is 9.84 Å². The summed E-state index contributed by atoms with van der Waals surface area (Å²) in [6, 6.07) is 12.7. The maximum atomic E-state index is 13.5. The Balaban J connectivity index is 1.93. The van der Waals surface area contributed by atoms with Crippen LogP contribution in [0.15, 0.2) is 48.5 Å². The topological polar surface area (TPSA) is 83.9 Å². The Morgan fingerprint density at radius 2 is 1.58 bits per heavy atom. The van der Waals surface area contributed by atoms with Gasteiger partial charge in [0.25, 0.3) is 11.8 Å². The molecule has 0 unspecified atom stereocenters. The monoisotopic (exact) mass is 453 g/mol. The third-order valence-electron chi connectivity index (χ3n) is 5.48. The molecule has 1 aliphatic heterocycles. The SMILES string of the molecule is CC(C)Cc1c2c(c(OC(F)F)c3ccccc13)C(=O)N(c1ccc(CC(=O)O)cc1)C2=O. The molecule has 1 aliphatic rings. The van der Waals surface area contributed by atoms with E-state index in [1.165, 1.54) is 24.3 Å². The first kappa shape index (κ1) is 22.4. The Morgan fingerprint density at radius 1 is 0.970 bits per heavy atom. The van der Waals surface area contributed by atoms with Crippen molar-refractivity contribution in [2.24, 2.45) is 5.92 Å². The first-order valence-electron chi connectivity index (χ1n) is 10.4. The molecule has 2 amide bonds. The van der Waals surface area contributed by atoms with Crippen LogP contribution in [0.25, 0.3) is 10.8 Å². The van der Waals surface area contributed by atoms with Crippen molar-refractivity contribution in [3.8, 4) is 5.75 Å². The van der Waals surface area contributed by atoms with Crippen LogP contribution in [-0.2, 0) is 17.6 Å². The van der Waals surface area contributed by atoms with Crippen molar-refractivity contribution < 1.29 is 33.0 Å². The van der Waals surface area contributed by atoms with E-state index in [1.54, 1.807) is 24.3 Å². The Hall–Kier alpha value is -3.81. The number of aliphatic carboxylic acids is 1. The summed E-state index contributed by atoms with van der Waals surface area (Å²) in [6.45, 7) is 0.747. The van der Waals surface area contributed by atoms with Gasteiger partial charge in [0.2, 0.25) is 0 Å². The highest BCUT2D eigenvalue weighted by Gasteiger charge is 2.43. The largest absolute Gasteiger partial charge is 0.481 e. The molecule has 4 rings (SSSR count). The summed E-state index contributed by atoms with van der Waals surface area (Å²) in [5.74, 6) is -2.57. The Kier molecular flexibility index (Phi) is 5.84. The van der Waals surface area contributed by atoms with Crippen LogP contribution in [0.1, 0.15) is 45.7 Å². The van der Waals surface area contributed by atoms with Crippen molar-refractivity contribution >= 4 is 34.2 Å². The molecule has 0 fully saturated rings. The van der Waals surface area contributed by atoms with Gasteiger partial charge in [0.15, 0.2) is 0 Å². The second-order valence-electron chi connectivity index (χ2n) is 8.26. The molecule has 0 saturated heterocycles. The standard InChI is InChI=1S/C25H21F2NO5/c1-13(2)11-18-16-5-3-4-6-17(16)22(33-25(26)27)21-20(18)23(31)28(24(21)32)15-9-7-14(8-10-15)12-19(29)30/h3-10,13,25H,11-12H2,1-2H3,(H,29,30). The summed E-state index contributed by atoms with van der Waals surface area (Å²) < 4.78 is 31.5. The molecule has 3 aromatic rings. The number of amides is 2. The van der Waals surface area contributed by atoms with Crippen molar-refractivity contribution in [2.75, 3.05) is 4.90 Å². The molecule has 1 N–H and O–H groups in total. The van der Waals surface area contributed by atoms with E-state index in [-0.39, 0.29) is 34.9 Å². The van der Waals surface area contributed by atoms with Gasteiger partial charge in [-0.25, -0.2) is 4.90 Å². The van der Waals surface area contributed by atoms with Gasteiger partial charge >= 0.3 is 12.6 Å². The number of carbonyl (C=O) groups excluding carboxylic acids is 2. The maximum absolute atomic E-state index is 13.5. The van der Waals surface area contributed by atoms with Gasteiger partial charge in [-0.05, 0) is 41.0 Å². The normalized spacial score (nSPS) is 13.3. The number of halogens is 2. The van der Waals surface area contributed by atoms with Gasteiger partial charge in [-0.2, -0.15) is 8.78 Å². The zero-order valence-electron chi connectivity index (χ0n) is 18.0. The molecule has 170 valence electrons. The molecule has 6 nitrogen and oxygen atoms in total. The summed E-state index contributed by atoms with van der Waals surface area (Å²) in [5, 5.41) is 9.88. The highest BCUT2D eigenvalue weighted by atomic mass is 19.3. The van der Waals surface area contributed by atoms with Crippen LogP contribution in [-0.4, -0.2) is 29.5 Å². The fraction of sp³-hybridized carbons (Fsp3) is 0.240. The lowest BCUT2D eigenvalue weighted by Gasteiger charge is -2.17. The van der Waals surface area contributed by atoms with Gasteiger partial charge in [0.1, 0.15) is 5.75 Å². The van der Waals surface area contributed by atoms with Crippen molar-refractivity contribution in [3.05, 3.63) is 70.8 Å². The van der Waals surface area contributed by atoms with Crippen molar-refractivity contribution in [3.63, 3.8) is 0 Å².